The van der Waals surface area contributed by atoms with Crippen LogP contribution < -0.4 is 0 Å². The van der Waals surface area contributed by atoms with Gasteiger partial charge in [0, 0.05) is 18.3 Å². The predicted molar refractivity (Wildman–Crippen MR) is 64.9 cm³/mol. The van der Waals surface area contributed by atoms with E-state index in [1.165, 1.54) is 0 Å². The van der Waals surface area contributed by atoms with E-state index in [1.807, 2.05) is 18.0 Å². The average molecular weight is 253 g/mol. The molecule has 1 aromatic rings. The van der Waals surface area contributed by atoms with Crippen LogP contribution in [0.2, 0.25) is 0 Å². The van der Waals surface area contributed by atoms with Crippen molar-refractivity contribution in [3.8, 4) is 0 Å². The fourth-order valence-electron chi connectivity index (χ4n) is 2.55. The third-order valence-electron chi connectivity index (χ3n) is 3.46. The molecule has 2 N–H and O–H groups in total. The Kier molecular flexibility index (Phi) is 3.98. The van der Waals surface area contributed by atoms with Crippen LogP contribution in [-0.2, 0) is 17.9 Å². The molecule has 2 heterocycles. The maximum atomic E-state index is 11.2. The molecule has 6 heteroatoms. The normalized spacial score (nSPS) is 24.6. The summed E-state index contributed by atoms with van der Waals surface area (Å²) in [6, 6.07) is -0.397. The fourth-order valence-corrected chi connectivity index (χ4v) is 2.55. The molecule has 1 aliphatic rings. The van der Waals surface area contributed by atoms with Gasteiger partial charge in [0.1, 0.15) is 6.04 Å². The van der Waals surface area contributed by atoms with Gasteiger partial charge >= 0.3 is 5.97 Å². The van der Waals surface area contributed by atoms with E-state index in [0.717, 1.165) is 18.5 Å². The number of carboxylic acid groups (broad SMARTS) is 1. The smallest absolute Gasteiger partial charge is 0.321 e. The van der Waals surface area contributed by atoms with Crippen molar-refractivity contribution >= 4 is 5.97 Å². The van der Waals surface area contributed by atoms with E-state index in [2.05, 4.69) is 5.10 Å². The molecule has 2 rings (SSSR count). The van der Waals surface area contributed by atoms with Gasteiger partial charge in [-0.3, -0.25) is 14.4 Å². The molecule has 1 aliphatic heterocycles. The largest absolute Gasteiger partial charge is 0.480 e. The monoisotopic (exact) mass is 253 g/mol. The first kappa shape index (κ1) is 13.0. The number of aliphatic hydroxyl groups is 1. The van der Waals surface area contributed by atoms with Gasteiger partial charge in [0.05, 0.1) is 19.3 Å². The zero-order valence-electron chi connectivity index (χ0n) is 10.5. The summed E-state index contributed by atoms with van der Waals surface area (Å²) in [4.78, 5) is 13.2. The van der Waals surface area contributed by atoms with E-state index in [4.69, 9.17) is 5.11 Å². The Labute approximate surface area is 106 Å². The topological polar surface area (TPSA) is 78.6 Å². The highest BCUT2D eigenvalue weighted by atomic mass is 16.4. The highest BCUT2D eigenvalue weighted by Crippen LogP contribution is 2.25. The number of carboxylic acids is 1. The van der Waals surface area contributed by atoms with Gasteiger partial charge < -0.3 is 10.2 Å². The Bertz CT molecular complexity index is 418. The molecule has 100 valence electrons. The average Bonchev–Trinajstić information content (AvgIpc) is 2.87. The maximum Gasteiger partial charge on any atom is 0.321 e. The number of aliphatic hydroxyl groups excluding tert-OH is 1. The van der Waals surface area contributed by atoms with Gasteiger partial charge in [0.2, 0.25) is 0 Å². The van der Waals surface area contributed by atoms with E-state index < -0.39 is 12.0 Å². The van der Waals surface area contributed by atoms with Gasteiger partial charge in [-0.1, -0.05) is 6.92 Å². The number of hydrogen-bond donors (Lipinski definition) is 2. The molecular weight excluding hydrogens is 234 g/mol. The summed E-state index contributed by atoms with van der Waals surface area (Å²) in [5.74, 6) is -0.558. The van der Waals surface area contributed by atoms with Gasteiger partial charge in [0.15, 0.2) is 0 Å². The van der Waals surface area contributed by atoms with Crippen molar-refractivity contribution in [3.05, 3.63) is 18.0 Å². The lowest BCUT2D eigenvalue weighted by Crippen LogP contribution is -2.38. The fraction of sp³-hybridized carbons (Fsp3) is 0.667. The second kappa shape index (κ2) is 5.49. The summed E-state index contributed by atoms with van der Waals surface area (Å²) >= 11 is 0. The van der Waals surface area contributed by atoms with Crippen LogP contribution in [0, 0.1) is 5.92 Å². The number of likely N-dealkylation sites (tertiary alicyclic amines) is 1. The van der Waals surface area contributed by atoms with Crippen LogP contribution in [0.4, 0.5) is 0 Å². The van der Waals surface area contributed by atoms with Crippen LogP contribution in [0.3, 0.4) is 0 Å². The van der Waals surface area contributed by atoms with Crippen molar-refractivity contribution in [2.45, 2.75) is 32.5 Å². The Hall–Kier alpha value is -1.40. The Morgan fingerprint density at radius 2 is 2.39 bits per heavy atom. The minimum atomic E-state index is -0.747. The van der Waals surface area contributed by atoms with Crippen molar-refractivity contribution < 1.29 is 15.0 Å². The van der Waals surface area contributed by atoms with Gasteiger partial charge in [-0.25, -0.2) is 0 Å². The minimum absolute atomic E-state index is 0.0552. The predicted octanol–water partition coefficient (Wildman–Crippen LogP) is 0.170. The first-order valence-electron chi connectivity index (χ1n) is 6.21. The van der Waals surface area contributed by atoms with Crippen molar-refractivity contribution in [3.63, 3.8) is 0 Å². The molecule has 2 unspecified atom stereocenters. The molecule has 0 spiro atoms. The lowest BCUT2D eigenvalue weighted by Gasteiger charge is -2.22. The number of rotatable bonds is 5. The summed E-state index contributed by atoms with van der Waals surface area (Å²) in [5, 5.41) is 22.2. The molecule has 1 aromatic heterocycles. The van der Waals surface area contributed by atoms with Crippen LogP contribution in [0.15, 0.2) is 12.4 Å². The number of aromatic nitrogens is 2. The summed E-state index contributed by atoms with van der Waals surface area (Å²) in [5.41, 5.74) is 0.990. The van der Waals surface area contributed by atoms with Gasteiger partial charge in [-0.15, -0.1) is 0 Å². The first-order chi connectivity index (χ1) is 8.61. The van der Waals surface area contributed by atoms with Crippen molar-refractivity contribution in [2.24, 2.45) is 5.92 Å². The van der Waals surface area contributed by atoms with Crippen LogP contribution in [0.25, 0.3) is 0 Å². The Morgan fingerprint density at radius 1 is 1.61 bits per heavy atom. The molecule has 2 atom stereocenters. The Balaban J connectivity index is 2.01. The first-order valence-corrected chi connectivity index (χ1v) is 6.21. The van der Waals surface area contributed by atoms with Crippen LogP contribution >= 0.6 is 0 Å². The van der Waals surface area contributed by atoms with Crippen LogP contribution in [0.5, 0.6) is 0 Å². The molecular formula is C12H19N3O3. The molecule has 0 aromatic carbocycles. The molecule has 0 bridgehead atoms. The van der Waals surface area contributed by atoms with E-state index >= 15 is 0 Å². The maximum absolute atomic E-state index is 11.2. The summed E-state index contributed by atoms with van der Waals surface area (Å²) in [6.07, 6.45) is 4.51. The molecule has 0 radical (unpaired) electrons. The standard InChI is InChI=1S/C12H19N3O3/c1-9-2-3-14(11(9)12(17)18)7-10-6-13-15(8-10)4-5-16/h6,8-9,11,16H,2-5,7H2,1H3,(H,17,18). The molecule has 0 aliphatic carbocycles. The third-order valence-corrected chi connectivity index (χ3v) is 3.46. The van der Waals surface area contributed by atoms with Crippen LogP contribution in [-0.4, -0.2) is 50.1 Å². The van der Waals surface area contributed by atoms with Crippen molar-refractivity contribution in [1.82, 2.24) is 14.7 Å². The van der Waals surface area contributed by atoms with Crippen molar-refractivity contribution in [1.29, 1.82) is 0 Å². The van der Waals surface area contributed by atoms with E-state index in [9.17, 15) is 9.90 Å². The molecule has 1 fully saturated rings. The number of aliphatic carboxylic acids is 1. The SMILES string of the molecule is CC1CCN(Cc2cnn(CCO)c2)C1C(=O)O. The lowest BCUT2D eigenvalue weighted by molar-refractivity contribution is -0.143. The highest BCUT2D eigenvalue weighted by molar-refractivity contribution is 5.74. The van der Waals surface area contributed by atoms with Gasteiger partial charge in [0.25, 0.3) is 0 Å². The second-order valence-electron chi connectivity index (χ2n) is 4.85. The summed E-state index contributed by atoms with van der Waals surface area (Å²) < 4.78 is 1.67. The minimum Gasteiger partial charge on any atom is -0.480 e. The highest BCUT2D eigenvalue weighted by Gasteiger charge is 2.36. The molecule has 0 amide bonds. The van der Waals surface area contributed by atoms with Gasteiger partial charge in [-0.05, 0) is 18.9 Å². The molecule has 1 saturated heterocycles. The molecule has 18 heavy (non-hydrogen) atoms. The van der Waals surface area contributed by atoms with E-state index in [1.54, 1.807) is 10.9 Å². The Morgan fingerprint density at radius 3 is 3.06 bits per heavy atom. The zero-order chi connectivity index (χ0) is 13.1. The van der Waals surface area contributed by atoms with Crippen molar-refractivity contribution in [2.75, 3.05) is 13.2 Å². The quantitative estimate of drug-likeness (QED) is 0.782. The van der Waals surface area contributed by atoms with E-state index in [-0.39, 0.29) is 12.5 Å². The lowest BCUT2D eigenvalue weighted by atomic mass is 10.0. The third kappa shape index (κ3) is 2.70. The van der Waals surface area contributed by atoms with Crippen LogP contribution in [0.1, 0.15) is 18.9 Å². The zero-order valence-corrected chi connectivity index (χ0v) is 10.5. The van der Waals surface area contributed by atoms with Gasteiger partial charge in [-0.2, -0.15) is 5.10 Å². The molecule has 0 saturated carbocycles. The summed E-state index contributed by atoms with van der Waals surface area (Å²) in [7, 11) is 0. The number of carbonyl (C=O) groups is 1. The number of hydrogen-bond acceptors (Lipinski definition) is 4. The molecule has 6 nitrogen and oxygen atoms in total. The summed E-state index contributed by atoms with van der Waals surface area (Å²) in [6.45, 7) is 3.92. The van der Waals surface area contributed by atoms with E-state index in [0.29, 0.717) is 13.1 Å². The number of nitrogens with zero attached hydrogens (tertiary/aromatic N) is 3. The second-order valence-corrected chi connectivity index (χ2v) is 4.85.